The first kappa shape index (κ1) is 10.1. The van der Waals surface area contributed by atoms with E-state index in [9.17, 15) is 0 Å². The van der Waals surface area contributed by atoms with E-state index in [4.69, 9.17) is 21.1 Å². The number of pyridine rings is 1. The molecule has 0 radical (unpaired) electrons. The van der Waals surface area contributed by atoms with Crippen LogP contribution in [0.15, 0.2) is 24.3 Å². The molecular weight excluding hydrogens is 214 g/mol. The van der Waals surface area contributed by atoms with Gasteiger partial charge in [-0.3, -0.25) is 0 Å². The third-order valence-electron chi connectivity index (χ3n) is 2.17. The van der Waals surface area contributed by atoms with Gasteiger partial charge in [-0.2, -0.15) is 0 Å². The van der Waals surface area contributed by atoms with Crippen molar-refractivity contribution >= 4 is 22.4 Å². The van der Waals surface area contributed by atoms with Crippen molar-refractivity contribution in [2.45, 2.75) is 0 Å². The number of aromatic nitrogens is 1. The van der Waals surface area contributed by atoms with Crippen LogP contribution in [0.3, 0.4) is 0 Å². The van der Waals surface area contributed by atoms with Crippen molar-refractivity contribution in [3.8, 4) is 11.6 Å². The molecule has 0 saturated carbocycles. The van der Waals surface area contributed by atoms with Crippen molar-refractivity contribution in [3.05, 3.63) is 29.4 Å². The van der Waals surface area contributed by atoms with Crippen LogP contribution in [0.2, 0.25) is 5.15 Å². The first-order chi connectivity index (χ1) is 7.24. The third kappa shape index (κ3) is 1.83. The van der Waals surface area contributed by atoms with Crippen LogP contribution in [-0.2, 0) is 0 Å². The quantitative estimate of drug-likeness (QED) is 0.734. The van der Waals surface area contributed by atoms with Crippen LogP contribution in [-0.4, -0.2) is 19.2 Å². The van der Waals surface area contributed by atoms with E-state index in [0.717, 1.165) is 16.5 Å². The smallest absolute Gasteiger partial charge is 0.222 e. The Bertz CT molecular complexity index is 499. The van der Waals surface area contributed by atoms with Gasteiger partial charge in [-0.15, -0.1) is 0 Å². The van der Waals surface area contributed by atoms with Crippen LogP contribution in [0.1, 0.15) is 0 Å². The zero-order valence-electron chi connectivity index (χ0n) is 8.45. The summed E-state index contributed by atoms with van der Waals surface area (Å²) in [5.41, 5.74) is 0. The van der Waals surface area contributed by atoms with Crippen LogP contribution >= 0.6 is 11.6 Å². The molecule has 2 rings (SSSR count). The number of hydrogen-bond acceptors (Lipinski definition) is 3. The average Bonchev–Trinajstić information content (AvgIpc) is 2.26. The third-order valence-corrected chi connectivity index (χ3v) is 2.36. The molecule has 15 heavy (non-hydrogen) atoms. The largest absolute Gasteiger partial charge is 0.497 e. The van der Waals surface area contributed by atoms with Gasteiger partial charge >= 0.3 is 0 Å². The van der Waals surface area contributed by atoms with Crippen LogP contribution in [0.25, 0.3) is 10.8 Å². The Hall–Kier alpha value is -1.48. The Kier molecular flexibility index (Phi) is 2.64. The number of halogens is 1. The Balaban J connectivity index is 2.72. The maximum absolute atomic E-state index is 5.87. The summed E-state index contributed by atoms with van der Waals surface area (Å²) in [5, 5.41) is 2.28. The molecule has 78 valence electrons. The van der Waals surface area contributed by atoms with E-state index in [1.165, 1.54) is 0 Å². The Morgan fingerprint density at radius 1 is 1.13 bits per heavy atom. The number of ether oxygens (including phenoxy) is 2. The minimum Gasteiger partial charge on any atom is -0.497 e. The molecule has 3 nitrogen and oxygen atoms in total. The molecule has 0 aliphatic carbocycles. The summed E-state index contributed by atoms with van der Waals surface area (Å²) in [7, 11) is 3.20. The van der Waals surface area contributed by atoms with Crippen LogP contribution in [0, 0.1) is 0 Å². The van der Waals surface area contributed by atoms with Crippen LogP contribution < -0.4 is 9.47 Å². The second-order valence-electron chi connectivity index (χ2n) is 3.04. The minimum atomic E-state index is 0.410. The van der Waals surface area contributed by atoms with E-state index in [1.807, 2.05) is 18.2 Å². The molecule has 0 spiro atoms. The van der Waals surface area contributed by atoms with E-state index >= 15 is 0 Å². The van der Waals surface area contributed by atoms with Gasteiger partial charge in [-0.1, -0.05) is 11.6 Å². The normalized spacial score (nSPS) is 10.3. The van der Waals surface area contributed by atoms with Gasteiger partial charge in [0.1, 0.15) is 10.9 Å². The summed E-state index contributed by atoms with van der Waals surface area (Å²) in [4.78, 5) is 4.08. The SMILES string of the molecule is COc1ccc2c(OC)nc(Cl)cc2c1. The highest BCUT2D eigenvalue weighted by atomic mass is 35.5. The van der Waals surface area contributed by atoms with Crippen molar-refractivity contribution in [1.82, 2.24) is 4.98 Å². The molecule has 2 aromatic rings. The molecular formula is C11H10ClNO2. The predicted molar refractivity (Wildman–Crippen MR) is 59.9 cm³/mol. The van der Waals surface area contributed by atoms with Gasteiger partial charge in [-0.05, 0) is 29.7 Å². The van der Waals surface area contributed by atoms with Gasteiger partial charge in [0, 0.05) is 5.39 Å². The molecule has 0 bridgehead atoms. The molecule has 0 saturated heterocycles. The fourth-order valence-corrected chi connectivity index (χ4v) is 1.65. The van der Waals surface area contributed by atoms with Crippen molar-refractivity contribution < 1.29 is 9.47 Å². The van der Waals surface area contributed by atoms with E-state index in [1.54, 1.807) is 20.3 Å². The highest BCUT2D eigenvalue weighted by molar-refractivity contribution is 6.30. The zero-order chi connectivity index (χ0) is 10.8. The predicted octanol–water partition coefficient (Wildman–Crippen LogP) is 2.91. The molecule has 0 N–H and O–H groups in total. The van der Waals surface area contributed by atoms with Crippen LogP contribution in [0.5, 0.6) is 11.6 Å². The van der Waals surface area contributed by atoms with Gasteiger partial charge in [0.25, 0.3) is 0 Å². The first-order valence-electron chi connectivity index (χ1n) is 4.43. The van der Waals surface area contributed by atoms with Gasteiger partial charge in [-0.25, -0.2) is 4.98 Å². The molecule has 0 aliphatic heterocycles. The highest BCUT2D eigenvalue weighted by Crippen LogP contribution is 2.29. The van der Waals surface area contributed by atoms with Gasteiger partial charge in [0.2, 0.25) is 5.88 Å². The summed E-state index contributed by atoms with van der Waals surface area (Å²) in [6.45, 7) is 0. The molecule has 0 fully saturated rings. The first-order valence-corrected chi connectivity index (χ1v) is 4.80. The lowest BCUT2D eigenvalue weighted by Gasteiger charge is -2.06. The Labute approximate surface area is 92.6 Å². The van der Waals surface area contributed by atoms with E-state index in [-0.39, 0.29) is 0 Å². The standard InChI is InChI=1S/C11H10ClNO2/c1-14-8-3-4-9-7(5-8)6-10(12)13-11(9)15-2/h3-6H,1-2H3. The summed E-state index contributed by atoms with van der Waals surface area (Å²) in [6.07, 6.45) is 0. The number of methoxy groups -OCH3 is 2. The van der Waals surface area contributed by atoms with E-state index in [0.29, 0.717) is 11.0 Å². The second kappa shape index (κ2) is 3.95. The van der Waals surface area contributed by atoms with Crippen LogP contribution in [0.4, 0.5) is 0 Å². The van der Waals surface area contributed by atoms with Crippen molar-refractivity contribution in [2.75, 3.05) is 14.2 Å². The highest BCUT2D eigenvalue weighted by Gasteiger charge is 2.05. The maximum Gasteiger partial charge on any atom is 0.222 e. The number of benzene rings is 1. The fourth-order valence-electron chi connectivity index (χ4n) is 1.46. The number of hydrogen-bond donors (Lipinski definition) is 0. The zero-order valence-corrected chi connectivity index (χ0v) is 9.21. The molecule has 0 aliphatic rings. The second-order valence-corrected chi connectivity index (χ2v) is 3.43. The Morgan fingerprint density at radius 3 is 2.60 bits per heavy atom. The molecule has 1 aromatic heterocycles. The number of fused-ring (bicyclic) bond motifs is 1. The topological polar surface area (TPSA) is 31.4 Å². The van der Waals surface area contributed by atoms with E-state index < -0.39 is 0 Å². The lowest BCUT2D eigenvalue weighted by molar-refractivity contribution is 0.403. The van der Waals surface area contributed by atoms with Crippen molar-refractivity contribution in [2.24, 2.45) is 0 Å². The molecule has 1 heterocycles. The molecule has 0 amide bonds. The maximum atomic E-state index is 5.87. The Morgan fingerprint density at radius 2 is 1.93 bits per heavy atom. The van der Waals surface area contributed by atoms with Gasteiger partial charge < -0.3 is 9.47 Å². The average molecular weight is 224 g/mol. The van der Waals surface area contributed by atoms with Crippen molar-refractivity contribution in [3.63, 3.8) is 0 Å². The van der Waals surface area contributed by atoms with E-state index in [2.05, 4.69) is 4.98 Å². The van der Waals surface area contributed by atoms with Gasteiger partial charge in [0.05, 0.1) is 14.2 Å². The van der Waals surface area contributed by atoms with Gasteiger partial charge in [0.15, 0.2) is 0 Å². The summed E-state index contributed by atoms with van der Waals surface area (Å²) >= 11 is 5.87. The number of nitrogens with zero attached hydrogens (tertiary/aromatic N) is 1. The summed E-state index contributed by atoms with van der Waals surface area (Å²) < 4.78 is 10.3. The summed E-state index contributed by atoms with van der Waals surface area (Å²) in [5.74, 6) is 1.31. The molecule has 0 atom stereocenters. The lowest BCUT2D eigenvalue weighted by atomic mass is 10.1. The monoisotopic (exact) mass is 223 g/mol. The fraction of sp³-hybridized carbons (Fsp3) is 0.182. The molecule has 4 heteroatoms. The number of rotatable bonds is 2. The van der Waals surface area contributed by atoms with Crippen molar-refractivity contribution in [1.29, 1.82) is 0 Å². The lowest BCUT2D eigenvalue weighted by Crippen LogP contribution is -1.90. The minimum absolute atomic E-state index is 0.410. The molecule has 0 unspecified atom stereocenters. The molecule has 1 aromatic carbocycles. The summed E-state index contributed by atoms with van der Waals surface area (Å²) in [6, 6.07) is 7.43.